The fraction of sp³-hybridized carbons (Fsp3) is 0.357. The average molecular weight is 326 g/mol. The van der Waals surface area contributed by atoms with Crippen molar-refractivity contribution in [3.8, 4) is 0 Å². The summed E-state index contributed by atoms with van der Waals surface area (Å²) in [6.07, 6.45) is 0.102. The number of rotatable bonds is 3. The van der Waals surface area contributed by atoms with E-state index in [2.05, 4.69) is 27.8 Å². The molecule has 96 valence electrons. The number of aromatic nitrogens is 1. The molecule has 0 aliphatic heterocycles. The second kappa shape index (κ2) is 5.51. The fourth-order valence-corrected chi connectivity index (χ4v) is 3.36. The number of aliphatic hydroxyl groups is 1. The Morgan fingerprint density at radius 2 is 2.06 bits per heavy atom. The number of hydrogen-bond acceptors (Lipinski definition) is 3. The van der Waals surface area contributed by atoms with Crippen LogP contribution in [0.1, 0.15) is 32.8 Å². The smallest absolute Gasteiger partial charge is 0.0960 e. The predicted molar refractivity (Wildman–Crippen MR) is 79.1 cm³/mol. The van der Waals surface area contributed by atoms with Crippen molar-refractivity contribution < 1.29 is 5.11 Å². The molecule has 2 rings (SSSR count). The number of nitrogens with zero attached hydrogens (tertiary/aromatic N) is 1. The Balaban J connectivity index is 2.19. The molecule has 0 spiro atoms. The zero-order valence-electron chi connectivity index (χ0n) is 10.7. The highest BCUT2D eigenvalue weighted by molar-refractivity contribution is 9.10. The molecule has 2 nitrogen and oxygen atoms in total. The molecular formula is C14H16BrNOS. The van der Waals surface area contributed by atoms with E-state index in [9.17, 15) is 5.11 Å². The van der Waals surface area contributed by atoms with Crippen LogP contribution in [-0.2, 0) is 6.42 Å². The first-order valence-corrected chi connectivity index (χ1v) is 7.45. The van der Waals surface area contributed by atoms with Crippen molar-refractivity contribution >= 4 is 27.3 Å². The van der Waals surface area contributed by atoms with Crippen LogP contribution in [0.4, 0.5) is 0 Å². The summed E-state index contributed by atoms with van der Waals surface area (Å²) < 4.78 is 1.04. The quantitative estimate of drug-likeness (QED) is 0.921. The van der Waals surface area contributed by atoms with E-state index in [-0.39, 0.29) is 0 Å². The Bertz CT molecular complexity index is 545. The summed E-state index contributed by atoms with van der Waals surface area (Å²) in [4.78, 5) is 5.70. The molecule has 1 heterocycles. The molecule has 0 bridgehead atoms. The van der Waals surface area contributed by atoms with Crippen molar-refractivity contribution in [1.82, 2.24) is 4.98 Å². The van der Waals surface area contributed by atoms with Crippen molar-refractivity contribution in [2.75, 3.05) is 0 Å². The molecule has 4 heteroatoms. The fourth-order valence-electron chi connectivity index (χ4n) is 1.91. The number of aryl methyl sites for hydroxylation is 3. The third kappa shape index (κ3) is 2.99. The third-order valence-corrected chi connectivity index (χ3v) is 4.62. The van der Waals surface area contributed by atoms with Crippen LogP contribution in [0.5, 0.6) is 0 Å². The molecule has 0 radical (unpaired) electrons. The van der Waals surface area contributed by atoms with E-state index in [1.807, 2.05) is 32.0 Å². The van der Waals surface area contributed by atoms with Crippen molar-refractivity contribution in [2.24, 2.45) is 0 Å². The van der Waals surface area contributed by atoms with Gasteiger partial charge in [0.1, 0.15) is 0 Å². The molecule has 1 atom stereocenters. The lowest BCUT2D eigenvalue weighted by Crippen LogP contribution is -2.03. The largest absolute Gasteiger partial charge is 0.388 e. The van der Waals surface area contributed by atoms with Gasteiger partial charge in [-0.05, 0) is 44.0 Å². The van der Waals surface area contributed by atoms with Crippen molar-refractivity contribution in [3.63, 3.8) is 0 Å². The maximum absolute atomic E-state index is 10.3. The highest BCUT2D eigenvalue weighted by Gasteiger charge is 2.14. The van der Waals surface area contributed by atoms with E-state index in [0.717, 1.165) is 26.3 Å². The summed E-state index contributed by atoms with van der Waals surface area (Å²) in [5.41, 5.74) is 3.14. The molecule has 0 aliphatic carbocycles. The van der Waals surface area contributed by atoms with Gasteiger partial charge in [-0.1, -0.05) is 22.0 Å². The topological polar surface area (TPSA) is 33.1 Å². The number of thiazole rings is 1. The first kappa shape index (κ1) is 13.7. The Morgan fingerprint density at radius 1 is 1.33 bits per heavy atom. The number of hydrogen-bond donors (Lipinski definition) is 1. The van der Waals surface area contributed by atoms with E-state index < -0.39 is 6.10 Å². The molecule has 0 aliphatic rings. The molecule has 2 aromatic rings. The van der Waals surface area contributed by atoms with Crippen LogP contribution in [0.2, 0.25) is 0 Å². The molecule has 0 fully saturated rings. The summed E-state index contributed by atoms with van der Waals surface area (Å²) in [6, 6.07) is 5.96. The molecule has 0 saturated heterocycles. The minimum Gasteiger partial charge on any atom is -0.388 e. The molecule has 18 heavy (non-hydrogen) atoms. The predicted octanol–water partition coefficient (Wildman–Crippen LogP) is 4.11. The summed E-state index contributed by atoms with van der Waals surface area (Å²) in [5.74, 6) is 0. The Hall–Kier alpha value is -0.710. The lowest BCUT2D eigenvalue weighted by atomic mass is 10.0. The minimum absolute atomic E-state index is 0.483. The highest BCUT2D eigenvalue weighted by Crippen LogP contribution is 2.26. The zero-order chi connectivity index (χ0) is 13.3. The van der Waals surface area contributed by atoms with Gasteiger partial charge in [0.25, 0.3) is 0 Å². The molecule has 1 aromatic heterocycles. The van der Waals surface area contributed by atoms with E-state index >= 15 is 0 Å². The molecule has 1 unspecified atom stereocenters. The van der Waals surface area contributed by atoms with E-state index in [1.54, 1.807) is 11.3 Å². The summed E-state index contributed by atoms with van der Waals surface area (Å²) in [6.45, 7) is 6.09. The average Bonchev–Trinajstić information content (AvgIpc) is 2.57. The van der Waals surface area contributed by atoms with Gasteiger partial charge >= 0.3 is 0 Å². The molecule has 0 saturated carbocycles. The first-order valence-electron chi connectivity index (χ1n) is 5.84. The third-order valence-electron chi connectivity index (χ3n) is 3.03. The Morgan fingerprint density at radius 3 is 2.61 bits per heavy atom. The van der Waals surface area contributed by atoms with Crippen LogP contribution >= 0.6 is 27.3 Å². The van der Waals surface area contributed by atoms with Gasteiger partial charge in [-0.2, -0.15) is 0 Å². The van der Waals surface area contributed by atoms with Gasteiger partial charge in [0, 0.05) is 15.8 Å². The maximum Gasteiger partial charge on any atom is 0.0960 e. The van der Waals surface area contributed by atoms with Gasteiger partial charge in [-0.15, -0.1) is 11.3 Å². The van der Waals surface area contributed by atoms with Crippen molar-refractivity contribution in [3.05, 3.63) is 49.4 Å². The lowest BCUT2D eigenvalue weighted by molar-refractivity contribution is 0.177. The SMILES string of the molecule is Cc1cc(Br)ccc1C(O)Cc1nc(C)c(C)s1. The molecule has 1 aromatic carbocycles. The number of halogens is 1. The molecular weight excluding hydrogens is 310 g/mol. The normalized spacial score (nSPS) is 12.7. The Kier molecular flexibility index (Phi) is 4.20. The van der Waals surface area contributed by atoms with Gasteiger partial charge in [-0.3, -0.25) is 0 Å². The second-order valence-electron chi connectivity index (χ2n) is 4.47. The van der Waals surface area contributed by atoms with Gasteiger partial charge in [-0.25, -0.2) is 4.98 Å². The molecule has 0 amide bonds. The first-order chi connectivity index (χ1) is 8.47. The van der Waals surface area contributed by atoms with Gasteiger partial charge in [0.15, 0.2) is 0 Å². The van der Waals surface area contributed by atoms with E-state index in [0.29, 0.717) is 6.42 Å². The van der Waals surface area contributed by atoms with E-state index in [1.165, 1.54) is 4.88 Å². The second-order valence-corrected chi connectivity index (χ2v) is 6.67. The number of benzene rings is 1. The van der Waals surface area contributed by atoms with Crippen LogP contribution in [0.15, 0.2) is 22.7 Å². The van der Waals surface area contributed by atoms with Crippen LogP contribution in [0, 0.1) is 20.8 Å². The summed E-state index contributed by atoms with van der Waals surface area (Å²) in [7, 11) is 0. The molecule has 1 N–H and O–H groups in total. The van der Waals surface area contributed by atoms with Crippen molar-refractivity contribution in [1.29, 1.82) is 0 Å². The van der Waals surface area contributed by atoms with Crippen molar-refractivity contribution in [2.45, 2.75) is 33.3 Å². The highest BCUT2D eigenvalue weighted by atomic mass is 79.9. The zero-order valence-corrected chi connectivity index (χ0v) is 13.1. The standard InChI is InChI=1S/C14H16BrNOS/c1-8-6-11(15)4-5-12(8)13(17)7-14-16-9(2)10(3)18-14/h4-6,13,17H,7H2,1-3H3. The van der Waals surface area contributed by atoms with Crippen LogP contribution in [-0.4, -0.2) is 10.1 Å². The van der Waals surface area contributed by atoms with Crippen LogP contribution in [0.25, 0.3) is 0 Å². The maximum atomic E-state index is 10.3. The summed E-state index contributed by atoms with van der Waals surface area (Å²) in [5, 5.41) is 11.3. The lowest BCUT2D eigenvalue weighted by Gasteiger charge is -2.12. The van der Waals surface area contributed by atoms with Crippen LogP contribution < -0.4 is 0 Å². The van der Waals surface area contributed by atoms with Gasteiger partial charge < -0.3 is 5.11 Å². The Labute approximate surface area is 120 Å². The van der Waals surface area contributed by atoms with Gasteiger partial charge in [0.2, 0.25) is 0 Å². The van der Waals surface area contributed by atoms with E-state index in [4.69, 9.17) is 0 Å². The van der Waals surface area contributed by atoms with Crippen LogP contribution in [0.3, 0.4) is 0 Å². The minimum atomic E-state index is -0.483. The van der Waals surface area contributed by atoms with Gasteiger partial charge in [0.05, 0.1) is 16.8 Å². The number of aliphatic hydroxyl groups excluding tert-OH is 1. The summed E-state index contributed by atoms with van der Waals surface area (Å²) >= 11 is 5.10. The monoisotopic (exact) mass is 325 g/mol.